The molecule has 0 N–H and O–H groups in total. The van der Waals surface area contributed by atoms with Crippen molar-refractivity contribution < 1.29 is 14.3 Å². The Labute approximate surface area is 196 Å². The molecule has 0 aliphatic rings. The van der Waals surface area contributed by atoms with Gasteiger partial charge in [0, 0.05) is 20.1 Å². The molecular weight excluding hydrogens is 511 g/mol. The zero-order chi connectivity index (χ0) is 21.7. The van der Waals surface area contributed by atoms with E-state index in [2.05, 4.69) is 21.0 Å². The summed E-state index contributed by atoms with van der Waals surface area (Å²) in [5, 5.41) is 6.01. The van der Waals surface area contributed by atoms with E-state index in [-0.39, 0.29) is 24.9 Å². The highest BCUT2D eigenvalue weighted by molar-refractivity contribution is 9.10. The minimum atomic E-state index is -0.388. The highest BCUT2D eigenvalue weighted by Gasteiger charge is 2.19. The number of hydrogen-bond acceptors (Lipinski definition) is 5. The van der Waals surface area contributed by atoms with Crippen LogP contribution in [-0.4, -0.2) is 27.8 Å². The van der Waals surface area contributed by atoms with Gasteiger partial charge in [0.1, 0.15) is 11.6 Å². The molecule has 30 heavy (non-hydrogen) atoms. The lowest BCUT2D eigenvalue weighted by Gasteiger charge is -2.11. The number of nitrogens with zero attached hydrogens (tertiary/aromatic N) is 2. The van der Waals surface area contributed by atoms with Crippen LogP contribution in [0.5, 0.6) is 0 Å². The number of halogens is 3. The Morgan fingerprint density at radius 3 is 2.50 bits per heavy atom. The monoisotopic (exact) mass is 526 g/mol. The molecule has 0 fully saturated rings. The van der Waals surface area contributed by atoms with E-state index in [1.165, 1.54) is 11.8 Å². The molecule has 156 valence electrons. The van der Waals surface area contributed by atoms with Crippen LogP contribution < -0.4 is 0 Å². The highest BCUT2D eigenvalue weighted by atomic mass is 79.9. The second-order valence-electron chi connectivity index (χ2n) is 6.36. The summed E-state index contributed by atoms with van der Waals surface area (Å²) >= 11 is 17.1. The minimum absolute atomic E-state index is 0.0404. The van der Waals surface area contributed by atoms with Crippen molar-refractivity contribution in [2.24, 2.45) is 0 Å². The summed E-state index contributed by atoms with van der Waals surface area (Å²) in [4.78, 5) is 23.8. The van der Waals surface area contributed by atoms with E-state index in [1.807, 2.05) is 24.3 Å². The standard InChI is InChI=1S/C21H17BrCl2N2O3S/c1-13-17(10-27)21(26(25-13)9-16-18(23)3-2-4-19(16)24)30-12-20(28)29-11-14-5-7-15(22)8-6-14/h2-8,10H,9,11-12H2,1H3. The van der Waals surface area contributed by atoms with Gasteiger partial charge in [-0.25, -0.2) is 0 Å². The Morgan fingerprint density at radius 1 is 1.20 bits per heavy atom. The number of aryl methyl sites for hydroxylation is 1. The van der Waals surface area contributed by atoms with Crippen molar-refractivity contribution in [3.63, 3.8) is 0 Å². The van der Waals surface area contributed by atoms with Crippen LogP contribution in [0.15, 0.2) is 52.0 Å². The third-order valence-electron chi connectivity index (χ3n) is 4.25. The molecule has 0 aliphatic carbocycles. The zero-order valence-electron chi connectivity index (χ0n) is 15.9. The number of carbonyl (C=O) groups excluding carboxylic acids is 2. The fourth-order valence-electron chi connectivity index (χ4n) is 2.72. The van der Waals surface area contributed by atoms with E-state index in [1.54, 1.807) is 29.8 Å². The predicted octanol–water partition coefficient (Wildman–Crippen LogP) is 5.96. The van der Waals surface area contributed by atoms with E-state index in [0.717, 1.165) is 16.3 Å². The average Bonchev–Trinajstić information content (AvgIpc) is 3.02. The van der Waals surface area contributed by atoms with Gasteiger partial charge in [0.25, 0.3) is 0 Å². The van der Waals surface area contributed by atoms with Crippen LogP contribution in [0.4, 0.5) is 0 Å². The number of carbonyl (C=O) groups is 2. The molecule has 0 unspecified atom stereocenters. The molecule has 5 nitrogen and oxygen atoms in total. The zero-order valence-corrected chi connectivity index (χ0v) is 19.8. The van der Waals surface area contributed by atoms with Crippen LogP contribution in [0.2, 0.25) is 10.0 Å². The fraction of sp³-hybridized carbons (Fsp3) is 0.190. The fourth-order valence-corrected chi connectivity index (χ4v) is 4.44. The number of hydrogen-bond donors (Lipinski definition) is 0. The largest absolute Gasteiger partial charge is 0.460 e. The third-order valence-corrected chi connectivity index (χ3v) is 6.57. The molecule has 1 heterocycles. The van der Waals surface area contributed by atoms with Crippen molar-refractivity contribution in [1.29, 1.82) is 0 Å². The Balaban J connectivity index is 1.71. The van der Waals surface area contributed by atoms with Gasteiger partial charge in [-0.15, -0.1) is 0 Å². The number of esters is 1. The lowest BCUT2D eigenvalue weighted by atomic mass is 10.2. The Morgan fingerprint density at radius 2 is 1.87 bits per heavy atom. The Hall–Kier alpha value is -1.80. The second-order valence-corrected chi connectivity index (χ2v) is 9.05. The van der Waals surface area contributed by atoms with Crippen molar-refractivity contribution >= 4 is 63.1 Å². The van der Waals surface area contributed by atoms with Gasteiger partial charge in [0.05, 0.1) is 23.6 Å². The summed E-state index contributed by atoms with van der Waals surface area (Å²) in [5.74, 6) is -0.348. The second kappa shape index (κ2) is 10.5. The topological polar surface area (TPSA) is 61.2 Å². The van der Waals surface area contributed by atoms with Crippen LogP contribution in [0.1, 0.15) is 27.2 Å². The van der Waals surface area contributed by atoms with Gasteiger partial charge in [-0.1, -0.05) is 69.1 Å². The number of thioether (sulfide) groups is 1. The third kappa shape index (κ3) is 5.66. The molecule has 2 aromatic carbocycles. The SMILES string of the molecule is Cc1nn(Cc2c(Cl)cccc2Cl)c(SCC(=O)OCc2ccc(Br)cc2)c1C=O. The van der Waals surface area contributed by atoms with E-state index < -0.39 is 0 Å². The smallest absolute Gasteiger partial charge is 0.316 e. The van der Waals surface area contributed by atoms with Crippen molar-refractivity contribution in [2.75, 3.05) is 5.75 Å². The molecule has 0 atom stereocenters. The molecule has 0 bridgehead atoms. The quantitative estimate of drug-likeness (QED) is 0.205. The molecule has 0 amide bonds. The number of ether oxygens (including phenoxy) is 1. The van der Waals surface area contributed by atoms with Crippen LogP contribution in [0.25, 0.3) is 0 Å². The van der Waals surface area contributed by atoms with Gasteiger partial charge in [-0.05, 0) is 36.8 Å². The van der Waals surface area contributed by atoms with Crippen molar-refractivity contribution in [1.82, 2.24) is 9.78 Å². The van der Waals surface area contributed by atoms with Gasteiger partial charge in [0.2, 0.25) is 0 Å². The van der Waals surface area contributed by atoms with Gasteiger partial charge < -0.3 is 4.74 Å². The summed E-state index contributed by atoms with van der Waals surface area (Å²) in [5.41, 5.74) is 2.59. The van der Waals surface area contributed by atoms with Crippen molar-refractivity contribution in [2.45, 2.75) is 25.1 Å². The maximum Gasteiger partial charge on any atom is 0.316 e. The minimum Gasteiger partial charge on any atom is -0.460 e. The van der Waals surface area contributed by atoms with Crippen LogP contribution in [0, 0.1) is 6.92 Å². The Bertz CT molecular complexity index is 1050. The molecule has 0 saturated heterocycles. The molecule has 0 aliphatic heterocycles. The lowest BCUT2D eigenvalue weighted by molar-refractivity contribution is -0.141. The van der Waals surface area contributed by atoms with Crippen LogP contribution in [0.3, 0.4) is 0 Å². The lowest BCUT2D eigenvalue weighted by Crippen LogP contribution is -2.10. The van der Waals surface area contributed by atoms with Crippen LogP contribution in [-0.2, 0) is 22.7 Å². The van der Waals surface area contributed by atoms with Gasteiger partial charge in [-0.2, -0.15) is 5.10 Å². The van der Waals surface area contributed by atoms with Crippen molar-refractivity contribution in [3.05, 3.63) is 79.4 Å². The van der Waals surface area contributed by atoms with Crippen LogP contribution >= 0.6 is 50.9 Å². The maximum absolute atomic E-state index is 12.2. The molecule has 9 heteroatoms. The van der Waals surface area contributed by atoms with E-state index in [9.17, 15) is 9.59 Å². The molecule has 3 rings (SSSR count). The molecule has 3 aromatic rings. The van der Waals surface area contributed by atoms with Gasteiger partial charge in [0.15, 0.2) is 6.29 Å². The summed E-state index contributed by atoms with van der Waals surface area (Å²) < 4.78 is 7.92. The molecule has 0 spiro atoms. The summed E-state index contributed by atoms with van der Waals surface area (Å²) in [7, 11) is 0. The molecule has 1 aromatic heterocycles. The average molecular weight is 528 g/mol. The summed E-state index contributed by atoms with van der Waals surface area (Å²) in [6, 6.07) is 12.8. The maximum atomic E-state index is 12.2. The predicted molar refractivity (Wildman–Crippen MR) is 123 cm³/mol. The molecular formula is C21H17BrCl2N2O3S. The Kier molecular flexibility index (Phi) is 7.99. The highest BCUT2D eigenvalue weighted by Crippen LogP contribution is 2.29. The number of aromatic nitrogens is 2. The number of rotatable bonds is 8. The summed E-state index contributed by atoms with van der Waals surface area (Å²) in [6.45, 7) is 2.20. The molecule has 0 radical (unpaired) electrons. The first-order chi connectivity index (χ1) is 14.4. The summed E-state index contributed by atoms with van der Waals surface area (Å²) in [6.07, 6.45) is 0.739. The van der Waals surface area contributed by atoms with E-state index >= 15 is 0 Å². The molecule has 0 saturated carbocycles. The first-order valence-electron chi connectivity index (χ1n) is 8.87. The normalized spacial score (nSPS) is 10.8. The van der Waals surface area contributed by atoms with Gasteiger partial charge >= 0.3 is 5.97 Å². The van der Waals surface area contributed by atoms with Gasteiger partial charge in [-0.3, -0.25) is 14.3 Å². The number of aldehydes is 1. The number of benzene rings is 2. The van der Waals surface area contributed by atoms with Crippen molar-refractivity contribution in [3.8, 4) is 0 Å². The first-order valence-corrected chi connectivity index (χ1v) is 11.4. The first kappa shape index (κ1) is 22.9. The van der Waals surface area contributed by atoms with E-state index in [4.69, 9.17) is 27.9 Å². The van der Waals surface area contributed by atoms with E-state index in [0.29, 0.717) is 31.9 Å².